The van der Waals surface area contributed by atoms with Crippen molar-refractivity contribution >= 4 is 34.8 Å². The lowest BCUT2D eigenvalue weighted by atomic mass is 10.0. The number of aryl methyl sites for hydroxylation is 1. The zero-order valence-electron chi connectivity index (χ0n) is 15.2. The van der Waals surface area contributed by atoms with E-state index in [1.165, 1.54) is 0 Å². The van der Waals surface area contributed by atoms with Crippen LogP contribution in [-0.2, 0) is 4.79 Å². The van der Waals surface area contributed by atoms with Gasteiger partial charge in [-0.1, -0.05) is 72.3 Å². The number of halogens is 1. The minimum absolute atomic E-state index is 0.218. The molecule has 0 fully saturated rings. The highest BCUT2D eigenvalue weighted by Gasteiger charge is 2.15. The molecule has 1 N–H and O–H groups in total. The highest BCUT2D eigenvalue weighted by molar-refractivity contribution is 6.32. The third-order valence-electron chi connectivity index (χ3n) is 4.17. The number of benzene rings is 3. The van der Waals surface area contributed by atoms with Crippen LogP contribution in [0.25, 0.3) is 11.6 Å². The van der Waals surface area contributed by atoms with Gasteiger partial charge in [-0.2, -0.15) is 0 Å². The lowest BCUT2D eigenvalue weighted by molar-refractivity contribution is -0.111. The molecule has 0 radical (unpaired) electrons. The van der Waals surface area contributed by atoms with Gasteiger partial charge in [0.1, 0.15) is 5.75 Å². The SMILES string of the molecule is COc1cc(Cl)c(C)cc1NC(=O)C(=Cc1ccccc1)c1ccccc1. The molecule has 0 aromatic heterocycles. The van der Waals surface area contributed by atoms with Crippen molar-refractivity contribution in [3.63, 3.8) is 0 Å². The molecule has 0 aliphatic rings. The van der Waals surface area contributed by atoms with Gasteiger partial charge in [0, 0.05) is 16.7 Å². The van der Waals surface area contributed by atoms with Gasteiger partial charge in [-0.3, -0.25) is 4.79 Å². The third kappa shape index (κ3) is 4.57. The summed E-state index contributed by atoms with van der Waals surface area (Å²) in [5.41, 5.74) is 3.80. The van der Waals surface area contributed by atoms with E-state index < -0.39 is 0 Å². The number of carbonyl (C=O) groups is 1. The largest absolute Gasteiger partial charge is 0.495 e. The number of nitrogens with one attached hydrogen (secondary N) is 1. The van der Waals surface area contributed by atoms with E-state index in [4.69, 9.17) is 16.3 Å². The molecule has 4 heteroatoms. The van der Waals surface area contributed by atoms with Gasteiger partial charge in [-0.05, 0) is 35.8 Å². The first-order valence-electron chi connectivity index (χ1n) is 8.56. The maximum Gasteiger partial charge on any atom is 0.256 e. The molecule has 0 heterocycles. The molecule has 0 saturated carbocycles. The van der Waals surface area contributed by atoms with Crippen molar-refractivity contribution in [2.45, 2.75) is 6.92 Å². The Hall–Kier alpha value is -3.04. The van der Waals surface area contributed by atoms with Crippen molar-refractivity contribution < 1.29 is 9.53 Å². The number of anilines is 1. The Morgan fingerprint density at radius 2 is 1.63 bits per heavy atom. The van der Waals surface area contributed by atoms with E-state index in [0.717, 1.165) is 16.7 Å². The van der Waals surface area contributed by atoms with E-state index >= 15 is 0 Å². The van der Waals surface area contributed by atoms with Crippen molar-refractivity contribution in [3.8, 4) is 5.75 Å². The van der Waals surface area contributed by atoms with E-state index in [1.807, 2.05) is 79.7 Å². The molecule has 27 heavy (non-hydrogen) atoms. The maximum absolute atomic E-state index is 13.1. The summed E-state index contributed by atoms with van der Waals surface area (Å²) in [5.74, 6) is 0.302. The zero-order chi connectivity index (χ0) is 19.2. The molecule has 3 aromatic rings. The number of ether oxygens (including phenoxy) is 1. The van der Waals surface area contributed by atoms with E-state index in [9.17, 15) is 4.79 Å². The maximum atomic E-state index is 13.1. The van der Waals surface area contributed by atoms with E-state index in [1.54, 1.807) is 13.2 Å². The quantitative estimate of drug-likeness (QED) is 0.448. The molecular formula is C23H20ClNO2. The van der Waals surface area contributed by atoms with Crippen LogP contribution in [0.4, 0.5) is 5.69 Å². The highest BCUT2D eigenvalue weighted by atomic mass is 35.5. The van der Waals surface area contributed by atoms with Gasteiger partial charge in [0.05, 0.1) is 12.8 Å². The van der Waals surface area contributed by atoms with Crippen LogP contribution in [0.15, 0.2) is 72.8 Å². The van der Waals surface area contributed by atoms with Gasteiger partial charge < -0.3 is 10.1 Å². The molecule has 1 amide bonds. The standard InChI is InChI=1S/C23H20ClNO2/c1-16-13-21(22(27-2)15-20(16)24)25-23(26)19(18-11-7-4-8-12-18)14-17-9-5-3-6-10-17/h3-15H,1-2H3,(H,25,26). The molecule has 3 aromatic carbocycles. The second-order valence-electron chi connectivity index (χ2n) is 6.09. The molecule has 3 nitrogen and oxygen atoms in total. The Labute approximate surface area is 164 Å². The first-order valence-corrected chi connectivity index (χ1v) is 8.94. The minimum atomic E-state index is -0.218. The van der Waals surface area contributed by atoms with Gasteiger partial charge in [-0.15, -0.1) is 0 Å². The fraction of sp³-hybridized carbons (Fsp3) is 0.0870. The average Bonchev–Trinajstić information content (AvgIpc) is 2.70. The normalized spacial score (nSPS) is 11.1. The first-order chi connectivity index (χ1) is 13.1. The number of rotatable bonds is 5. The molecule has 0 saturated heterocycles. The fourth-order valence-corrected chi connectivity index (χ4v) is 2.89. The summed E-state index contributed by atoms with van der Waals surface area (Å²) in [7, 11) is 1.55. The molecule has 136 valence electrons. The van der Waals surface area contributed by atoms with Crippen LogP contribution in [0.3, 0.4) is 0 Å². The summed E-state index contributed by atoms with van der Waals surface area (Å²) in [6.45, 7) is 1.88. The van der Waals surface area contributed by atoms with Gasteiger partial charge in [0.25, 0.3) is 5.91 Å². The predicted molar refractivity (Wildman–Crippen MR) is 112 cm³/mol. The number of amides is 1. The second kappa shape index (κ2) is 8.56. The topological polar surface area (TPSA) is 38.3 Å². The predicted octanol–water partition coefficient (Wildman–Crippen LogP) is 5.84. The summed E-state index contributed by atoms with van der Waals surface area (Å²) in [5, 5.41) is 3.55. The Morgan fingerprint density at radius 1 is 1.00 bits per heavy atom. The summed E-state index contributed by atoms with van der Waals surface area (Å²) < 4.78 is 5.37. The van der Waals surface area contributed by atoms with Crippen molar-refractivity contribution in [2.75, 3.05) is 12.4 Å². The third-order valence-corrected chi connectivity index (χ3v) is 4.58. The van der Waals surface area contributed by atoms with Gasteiger partial charge in [0.2, 0.25) is 0 Å². The summed E-state index contributed by atoms with van der Waals surface area (Å²) >= 11 is 6.16. The molecule has 0 atom stereocenters. The van der Waals surface area contributed by atoms with Crippen LogP contribution in [0.1, 0.15) is 16.7 Å². The van der Waals surface area contributed by atoms with E-state index in [2.05, 4.69) is 5.32 Å². The monoisotopic (exact) mass is 377 g/mol. The van der Waals surface area contributed by atoms with Gasteiger partial charge in [0.15, 0.2) is 0 Å². The van der Waals surface area contributed by atoms with E-state index in [-0.39, 0.29) is 5.91 Å². The van der Waals surface area contributed by atoms with Crippen molar-refractivity contribution in [1.29, 1.82) is 0 Å². The summed E-state index contributed by atoms with van der Waals surface area (Å²) in [6, 6.07) is 22.8. The Balaban J connectivity index is 2.00. The molecule has 0 aliphatic heterocycles. The van der Waals surface area contributed by atoms with Crippen LogP contribution in [0, 0.1) is 6.92 Å². The number of carbonyl (C=O) groups excluding carboxylic acids is 1. The molecule has 0 bridgehead atoms. The van der Waals surface area contributed by atoms with Crippen LogP contribution in [0.5, 0.6) is 5.75 Å². The van der Waals surface area contributed by atoms with Crippen molar-refractivity contribution in [1.82, 2.24) is 0 Å². The van der Waals surface area contributed by atoms with E-state index in [0.29, 0.717) is 22.0 Å². The van der Waals surface area contributed by atoms with Gasteiger partial charge in [-0.25, -0.2) is 0 Å². The van der Waals surface area contributed by atoms with Crippen LogP contribution in [-0.4, -0.2) is 13.0 Å². The number of hydrogen-bond donors (Lipinski definition) is 1. The average molecular weight is 378 g/mol. The lowest BCUT2D eigenvalue weighted by Gasteiger charge is -2.14. The Bertz CT molecular complexity index is 966. The summed E-state index contributed by atoms with van der Waals surface area (Å²) in [6.07, 6.45) is 1.87. The van der Waals surface area contributed by atoms with Crippen LogP contribution >= 0.6 is 11.6 Å². The zero-order valence-corrected chi connectivity index (χ0v) is 16.0. The molecular weight excluding hydrogens is 358 g/mol. The lowest BCUT2D eigenvalue weighted by Crippen LogP contribution is -2.14. The molecule has 0 unspecified atom stereocenters. The first kappa shape index (κ1) is 18.7. The van der Waals surface area contributed by atoms with Crippen LogP contribution in [0.2, 0.25) is 5.02 Å². The second-order valence-corrected chi connectivity index (χ2v) is 6.50. The Kier molecular flexibility index (Phi) is 5.94. The smallest absolute Gasteiger partial charge is 0.256 e. The molecule has 0 aliphatic carbocycles. The number of methoxy groups -OCH3 is 1. The van der Waals surface area contributed by atoms with Crippen molar-refractivity contribution in [3.05, 3.63) is 94.5 Å². The molecule has 0 spiro atoms. The minimum Gasteiger partial charge on any atom is -0.495 e. The van der Waals surface area contributed by atoms with Crippen LogP contribution < -0.4 is 10.1 Å². The molecule has 3 rings (SSSR count). The summed E-state index contributed by atoms with van der Waals surface area (Å²) in [4.78, 5) is 13.1. The number of hydrogen-bond acceptors (Lipinski definition) is 2. The van der Waals surface area contributed by atoms with Gasteiger partial charge >= 0.3 is 0 Å². The highest BCUT2D eigenvalue weighted by Crippen LogP contribution is 2.32. The fourth-order valence-electron chi connectivity index (χ4n) is 2.73. The Morgan fingerprint density at radius 3 is 2.26 bits per heavy atom. The van der Waals surface area contributed by atoms with Crippen molar-refractivity contribution in [2.24, 2.45) is 0 Å².